The summed E-state index contributed by atoms with van der Waals surface area (Å²) in [7, 11) is 0. The van der Waals surface area contributed by atoms with Crippen molar-refractivity contribution in [1.82, 2.24) is 10.6 Å². The van der Waals surface area contributed by atoms with Crippen LogP contribution in [0.2, 0.25) is 0 Å². The number of rotatable bonds is 12. The third-order valence-corrected chi connectivity index (χ3v) is 8.21. The summed E-state index contributed by atoms with van der Waals surface area (Å²) in [4.78, 5) is 38.3. The average Bonchev–Trinajstić information content (AvgIpc) is 3.84. The molecule has 2 N–H and O–H groups in total. The first-order valence-corrected chi connectivity index (χ1v) is 15.9. The first-order chi connectivity index (χ1) is 22.0. The second kappa shape index (κ2) is 15.2. The van der Waals surface area contributed by atoms with Gasteiger partial charge in [-0.25, -0.2) is 0 Å². The normalized spacial score (nSPS) is 15.7. The third kappa shape index (κ3) is 8.39. The highest BCUT2D eigenvalue weighted by Crippen LogP contribution is 2.46. The van der Waals surface area contributed by atoms with Gasteiger partial charge in [-0.05, 0) is 92.0 Å². The van der Waals surface area contributed by atoms with Crippen molar-refractivity contribution >= 4 is 28.4 Å². The van der Waals surface area contributed by atoms with E-state index in [2.05, 4.69) is 58.9 Å². The van der Waals surface area contributed by atoms with Crippen LogP contribution in [0.25, 0.3) is 10.8 Å². The van der Waals surface area contributed by atoms with Gasteiger partial charge in [0.25, 0.3) is 11.8 Å². The number of ketones is 1. The van der Waals surface area contributed by atoms with E-state index in [0.29, 0.717) is 37.2 Å². The predicted molar refractivity (Wildman–Crippen MR) is 178 cm³/mol. The topological polar surface area (TPSA) is 84.5 Å². The SMILES string of the molecule is CCOC1=C/C=C\CCC=C1C#CCNC(=O)C(=O)CCCCc1ccccc1C(=O)NC1(c2ccc3ccccc3c2)CC1. The lowest BCUT2D eigenvalue weighted by Gasteiger charge is -2.20. The summed E-state index contributed by atoms with van der Waals surface area (Å²) in [5.74, 6) is 5.54. The van der Waals surface area contributed by atoms with E-state index in [1.807, 2.05) is 61.5 Å². The van der Waals surface area contributed by atoms with E-state index in [-0.39, 0.29) is 24.4 Å². The highest BCUT2D eigenvalue weighted by Gasteiger charge is 2.46. The molecule has 0 bridgehead atoms. The lowest BCUT2D eigenvalue weighted by Crippen LogP contribution is -2.35. The van der Waals surface area contributed by atoms with Crippen LogP contribution in [-0.4, -0.2) is 30.7 Å². The lowest BCUT2D eigenvalue weighted by atomic mass is 9.97. The van der Waals surface area contributed by atoms with Gasteiger partial charge in [-0.3, -0.25) is 14.4 Å². The molecule has 0 saturated heterocycles. The standard InChI is InChI=1S/C39H40N2O4/c1-2-45-36-22-6-4-3-5-17-31(36)19-13-27-40-38(44)35(42)21-12-10-16-30-15-9-11-20-34(30)37(43)41-39(25-26-39)33-24-23-29-14-7-8-18-32(29)28-33/h4,6-9,11,14-15,17-18,20,22-24,28H,2-3,5,10,12,16,21,25-27H2,1H3,(H,40,44)(H,41,43)/b6-4-,31-17?,36-22?. The first kappa shape index (κ1) is 31.5. The summed E-state index contributed by atoms with van der Waals surface area (Å²) < 4.78 is 5.69. The highest BCUT2D eigenvalue weighted by atomic mass is 16.5. The second-order valence-corrected chi connectivity index (χ2v) is 11.5. The molecule has 6 heteroatoms. The second-order valence-electron chi connectivity index (χ2n) is 11.5. The van der Waals surface area contributed by atoms with Crippen molar-refractivity contribution in [1.29, 1.82) is 0 Å². The van der Waals surface area contributed by atoms with Crippen LogP contribution in [0.4, 0.5) is 0 Å². The van der Waals surface area contributed by atoms with Gasteiger partial charge in [0.15, 0.2) is 0 Å². The minimum absolute atomic E-state index is 0.0803. The van der Waals surface area contributed by atoms with Gasteiger partial charge in [0, 0.05) is 12.0 Å². The predicted octanol–water partition coefficient (Wildman–Crippen LogP) is 6.86. The van der Waals surface area contributed by atoms with E-state index in [4.69, 9.17) is 4.74 Å². The molecule has 6 nitrogen and oxygen atoms in total. The molecule has 230 valence electrons. The van der Waals surface area contributed by atoms with Gasteiger partial charge in [-0.2, -0.15) is 0 Å². The van der Waals surface area contributed by atoms with Crippen molar-refractivity contribution in [3.05, 3.63) is 119 Å². The van der Waals surface area contributed by atoms with Crippen LogP contribution in [0.5, 0.6) is 0 Å². The number of unbranched alkanes of at least 4 members (excludes halogenated alkanes) is 1. The minimum Gasteiger partial charge on any atom is -0.493 e. The largest absolute Gasteiger partial charge is 0.493 e. The maximum atomic E-state index is 13.5. The molecule has 2 aliphatic rings. The van der Waals surface area contributed by atoms with Gasteiger partial charge in [0.2, 0.25) is 5.78 Å². The Morgan fingerprint density at radius 3 is 2.56 bits per heavy atom. The number of nitrogens with one attached hydrogen (secondary N) is 2. The van der Waals surface area contributed by atoms with Crippen molar-refractivity contribution in [2.45, 2.75) is 63.8 Å². The minimum atomic E-state index is -0.623. The number of fused-ring (bicyclic) bond motifs is 1. The van der Waals surface area contributed by atoms with Crippen LogP contribution in [0.15, 0.2) is 102 Å². The van der Waals surface area contributed by atoms with Gasteiger partial charge in [-0.15, -0.1) is 0 Å². The number of Topliss-reactive ketones (excluding diaryl/α,β-unsaturated/α-hetero) is 1. The van der Waals surface area contributed by atoms with Gasteiger partial charge in [0.05, 0.1) is 24.3 Å². The number of hydrogen-bond acceptors (Lipinski definition) is 4. The summed E-state index contributed by atoms with van der Waals surface area (Å²) in [5, 5.41) is 8.28. The molecular formula is C39H40N2O4. The first-order valence-electron chi connectivity index (χ1n) is 15.9. The van der Waals surface area contributed by atoms with Gasteiger partial charge < -0.3 is 15.4 Å². The van der Waals surface area contributed by atoms with Crippen LogP contribution >= 0.6 is 0 Å². The van der Waals surface area contributed by atoms with E-state index >= 15 is 0 Å². The summed E-state index contributed by atoms with van der Waals surface area (Å²) >= 11 is 0. The van der Waals surface area contributed by atoms with Crippen molar-refractivity contribution in [2.24, 2.45) is 0 Å². The maximum Gasteiger partial charge on any atom is 0.288 e. The number of aryl methyl sites for hydroxylation is 1. The molecule has 0 aromatic heterocycles. The quantitative estimate of drug-likeness (QED) is 0.135. The van der Waals surface area contributed by atoms with Crippen molar-refractivity contribution < 1.29 is 19.1 Å². The fourth-order valence-corrected chi connectivity index (χ4v) is 5.58. The summed E-state index contributed by atoms with van der Waals surface area (Å²) in [5.41, 5.74) is 3.19. The number of carbonyl (C=O) groups is 3. The smallest absolute Gasteiger partial charge is 0.288 e. The monoisotopic (exact) mass is 600 g/mol. The Hall–Kier alpha value is -4.89. The summed E-state index contributed by atoms with van der Waals surface area (Å²) in [6.07, 6.45) is 13.6. The summed E-state index contributed by atoms with van der Waals surface area (Å²) in [6, 6.07) is 22.3. The number of ether oxygens (including phenoxy) is 1. The maximum absolute atomic E-state index is 13.5. The molecule has 0 atom stereocenters. The van der Waals surface area contributed by atoms with Crippen LogP contribution in [0, 0.1) is 11.8 Å². The van der Waals surface area contributed by atoms with Crippen molar-refractivity contribution in [2.75, 3.05) is 13.2 Å². The number of benzene rings is 3. The molecule has 3 aromatic rings. The van der Waals surface area contributed by atoms with Crippen LogP contribution < -0.4 is 10.6 Å². The van der Waals surface area contributed by atoms with Gasteiger partial charge in [-0.1, -0.05) is 84.7 Å². The van der Waals surface area contributed by atoms with E-state index in [0.717, 1.165) is 42.4 Å². The molecule has 0 radical (unpaired) electrons. The molecule has 1 saturated carbocycles. The number of amides is 2. The molecule has 5 rings (SSSR count). The molecule has 0 spiro atoms. The van der Waals surface area contributed by atoms with E-state index < -0.39 is 11.7 Å². The highest BCUT2D eigenvalue weighted by molar-refractivity contribution is 6.36. The zero-order valence-electron chi connectivity index (χ0n) is 25.9. The van der Waals surface area contributed by atoms with E-state index in [1.165, 1.54) is 10.8 Å². The molecule has 0 unspecified atom stereocenters. The fourth-order valence-electron chi connectivity index (χ4n) is 5.58. The van der Waals surface area contributed by atoms with E-state index in [9.17, 15) is 14.4 Å². The Labute approximate surface area is 265 Å². The van der Waals surface area contributed by atoms with Crippen LogP contribution in [0.1, 0.15) is 73.4 Å². The molecular weight excluding hydrogens is 560 g/mol. The Morgan fingerprint density at radius 1 is 0.933 bits per heavy atom. The van der Waals surface area contributed by atoms with Gasteiger partial charge >= 0.3 is 0 Å². The van der Waals surface area contributed by atoms with Crippen LogP contribution in [-0.2, 0) is 26.3 Å². The lowest BCUT2D eigenvalue weighted by molar-refractivity contribution is -0.137. The molecule has 1 fully saturated rings. The molecule has 2 amide bonds. The number of allylic oxidation sites excluding steroid dienone is 5. The molecule has 3 aromatic carbocycles. The Kier molecular flexibility index (Phi) is 10.7. The third-order valence-electron chi connectivity index (χ3n) is 8.21. The zero-order valence-corrected chi connectivity index (χ0v) is 25.9. The zero-order chi connectivity index (χ0) is 31.5. The summed E-state index contributed by atoms with van der Waals surface area (Å²) in [6.45, 7) is 2.54. The van der Waals surface area contributed by atoms with Crippen LogP contribution in [0.3, 0.4) is 0 Å². The van der Waals surface area contributed by atoms with Gasteiger partial charge in [0.1, 0.15) is 5.76 Å². The molecule has 45 heavy (non-hydrogen) atoms. The number of carbonyl (C=O) groups excluding carboxylic acids is 3. The average molecular weight is 601 g/mol. The Balaban J connectivity index is 1.09. The molecule has 0 aliphatic heterocycles. The van der Waals surface area contributed by atoms with Crippen molar-refractivity contribution in [3.8, 4) is 11.8 Å². The van der Waals surface area contributed by atoms with Crippen molar-refractivity contribution in [3.63, 3.8) is 0 Å². The Morgan fingerprint density at radius 2 is 1.73 bits per heavy atom. The van der Waals surface area contributed by atoms with E-state index in [1.54, 1.807) is 0 Å². The fraction of sp³-hybridized carbons (Fsp3) is 0.308. The Bertz CT molecular complexity index is 1720. The molecule has 2 aliphatic carbocycles. The number of hydrogen-bond donors (Lipinski definition) is 2. The molecule has 0 heterocycles.